The minimum atomic E-state index is -1.87. The summed E-state index contributed by atoms with van der Waals surface area (Å²) in [6, 6.07) is 17.3. The number of carboxylic acids is 4. The van der Waals surface area contributed by atoms with Crippen molar-refractivity contribution in [1.29, 1.82) is 0 Å². The molecule has 0 bridgehead atoms. The first kappa shape index (κ1) is 98.9. The van der Waals surface area contributed by atoms with Crippen LogP contribution in [-0.2, 0) is 107 Å². The first-order valence-corrected chi connectivity index (χ1v) is 42.6. The van der Waals surface area contributed by atoms with Crippen molar-refractivity contribution in [2.75, 3.05) is 143 Å². The number of nitrogens with one attached hydrogen (secondary N) is 12. The number of rotatable bonds is 34. The maximum atomic E-state index is 15.3. The Morgan fingerprint density at radius 1 is 0.472 bits per heavy atom. The fourth-order valence-corrected chi connectivity index (χ4v) is 15.5. The lowest BCUT2D eigenvalue weighted by Gasteiger charge is -2.32. The molecule has 3 heterocycles. The van der Waals surface area contributed by atoms with Crippen molar-refractivity contribution in [1.82, 2.24) is 83.1 Å². The van der Waals surface area contributed by atoms with Crippen molar-refractivity contribution in [2.24, 2.45) is 5.73 Å². The maximum Gasteiger partial charge on any atom is 0.327 e. The summed E-state index contributed by atoms with van der Waals surface area (Å²) in [5, 5.41) is 90.0. The second kappa shape index (κ2) is 53.0. The van der Waals surface area contributed by atoms with Crippen LogP contribution < -0.4 is 64.2 Å². The Morgan fingerprint density at radius 2 is 0.902 bits per heavy atom. The molecule has 11 amide bonds. The number of aliphatic carboxylic acids is 4. The number of fused-ring (bicyclic) bond motifs is 1. The van der Waals surface area contributed by atoms with Gasteiger partial charge in [-0.05, 0) is 61.1 Å². The topological polar surface area (TPSA) is 583 Å². The molecule has 2 aliphatic heterocycles. The van der Waals surface area contributed by atoms with Crippen LogP contribution in [0.25, 0.3) is 10.9 Å². The molecule has 7 rings (SSSR count). The van der Waals surface area contributed by atoms with Gasteiger partial charge in [-0.15, -0.1) is 0 Å². The van der Waals surface area contributed by atoms with Gasteiger partial charge in [0, 0.05) is 113 Å². The number of carboxylic acid groups (broad SMARTS) is 4. The zero-order chi connectivity index (χ0) is 89.2. The Labute approximate surface area is 717 Å². The van der Waals surface area contributed by atoms with E-state index >= 15 is 14.4 Å². The van der Waals surface area contributed by atoms with E-state index in [-0.39, 0.29) is 150 Å². The van der Waals surface area contributed by atoms with Gasteiger partial charge in [0.1, 0.15) is 61.0 Å². The van der Waals surface area contributed by atoms with E-state index in [0.717, 1.165) is 21.6 Å². The molecule has 0 saturated carbocycles. The van der Waals surface area contributed by atoms with Gasteiger partial charge in [-0.25, -0.2) is 4.79 Å². The van der Waals surface area contributed by atoms with Crippen LogP contribution in [0.4, 0.5) is 0 Å². The molecule has 2 fully saturated rings. The number of hydrogen-bond donors (Lipinski definition) is 19. The molecule has 2 saturated heterocycles. The van der Waals surface area contributed by atoms with E-state index in [4.69, 9.17) is 15.2 Å². The quantitative estimate of drug-likeness (QED) is 0.0136. The summed E-state index contributed by atoms with van der Waals surface area (Å²) >= 11 is 0. The second-order valence-electron chi connectivity index (χ2n) is 29.4. The molecule has 1 aromatic heterocycles. The molecular weight excluding hydrogens is 1640 g/mol. The highest BCUT2D eigenvalue weighted by Gasteiger charge is 2.38. The van der Waals surface area contributed by atoms with Gasteiger partial charge >= 0.3 is 23.9 Å². The van der Waals surface area contributed by atoms with E-state index in [2.05, 4.69) is 63.5 Å². The fourth-order valence-electron chi connectivity index (χ4n) is 13.2. The van der Waals surface area contributed by atoms with Crippen LogP contribution in [0, 0.1) is 0 Å². The molecule has 0 unspecified atom stereocenters. The third-order valence-electron chi connectivity index (χ3n) is 19.7. The van der Waals surface area contributed by atoms with E-state index in [9.17, 15) is 88.2 Å². The smallest absolute Gasteiger partial charge is 0.327 e. The zero-order valence-corrected chi connectivity index (χ0v) is 69.8. The van der Waals surface area contributed by atoms with Gasteiger partial charge in [-0.3, -0.25) is 86.7 Å². The average molecular weight is 1760 g/mol. The highest BCUT2D eigenvalue weighted by atomic mass is 33.1. The minimum Gasteiger partial charge on any atom is -0.480 e. The van der Waals surface area contributed by atoms with Gasteiger partial charge in [0.05, 0.1) is 65.3 Å². The summed E-state index contributed by atoms with van der Waals surface area (Å²) in [6.07, 6.45) is -0.533. The van der Waals surface area contributed by atoms with Gasteiger partial charge in [0.25, 0.3) is 0 Å². The molecule has 4 aromatic carbocycles. The van der Waals surface area contributed by atoms with Gasteiger partial charge in [0.2, 0.25) is 65.0 Å². The molecule has 2 aliphatic rings. The van der Waals surface area contributed by atoms with Crippen LogP contribution >= 0.6 is 21.6 Å². The molecule has 42 heteroatoms. The van der Waals surface area contributed by atoms with Gasteiger partial charge in [0.15, 0.2) is 0 Å². The number of H-pyrrole nitrogens is 1. The standard InChI is InChI=1S/C81H111N17O23S2/c1-51(100)72-80(117)91-61(39-54-19-9-4-10-20-54)76(113)92-63(47-99)78(115)93-65(81(118)119)50-123-122-49-64(86-66(101)42-85-68(103)48-121-36-35-120-34-25-83-67(102)43-95-26-28-96(44-69(104)105)30-32-98(46-71(108)109)33-31-97(29-27-95)45-70(106)107)79(116)89-60(38-53-17-7-3-8-18-53)74(111)88-59(37-52-15-5-2-6-16-52)75(112)90-62(40-55-41-84-57-22-12-11-21-56(55)57)77(114)87-58(73(110)94-72)23-13-14-24-82/h2-12,15-22,41,51,58-65,72,84,99-100H,13-14,23-40,42-50,82H2,1H3,(H,83,102)(H,85,103)(H,86,101)(H,87,114)(H,88,111)(H,89,116)(H,90,112)(H,91,117)(H,92,113)(H,93,115)(H,94,110)(H,104,105)(H,106,107)(H,108,109)(H,118,119)/t51-,58+,59+,60+,61+,62-,63+,64+,65+,72+/m1/s1. The third-order valence-corrected chi connectivity index (χ3v) is 22.2. The van der Waals surface area contributed by atoms with Gasteiger partial charge in [-0.1, -0.05) is 131 Å². The van der Waals surface area contributed by atoms with E-state index in [1.54, 1.807) is 141 Å². The van der Waals surface area contributed by atoms with Crippen molar-refractivity contribution in [3.8, 4) is 0 Å². The molecule has 123 heavy (non-hydrogen) atoms. The Morgan fingerprint density at radius 3 is 1.39 bits per heavy atom. The number of carbonyl (C=O) groups excluding carboxylic acids is 11. The normalized spacial score (nSPS) is 21.7. The number of para-hydroxylation sites is 1. The van der Waals surface area contributed by atoms with Crippen molar-refractivity contribution in [2.45, 2.75) is 112 Å². The van der Waals surface area contributed by atoms with Crippen molar-refractivity contribution in [3.63, 3.8) is 0 Å². The Balaban J connectivity index is 1.10. The number of ether oxygens (including phenoxy) is 2. The number of hydrogen-bond acceptors (Lipinski definition) is 26. The number of unbranched alkanes of at least 4 members (excludes halogenated alkanes) is 1. The number of aliphatic hydroxyl groups excluding tert-OH is 2. The van der Waals surface area contributed by atoms with Gasteiger partial charge < -0.3 is 109 Å². The van der Waals surface area contributed by atoms with Crippen LogP contribution in [0.5, 0.6) is 0 Å². The van der Waals surface area contributed by atoms with E-state index in [1.807, 2.05) is 0 Å². The fraction of sp³-hybridized carbons (Fsp3) is 0.494. The number of aromatic nitrogens is 1. The molecule has 5 aromatic rings. The molecular formula is C81H111N17O23S2. The first-order valence-electron chi connectivity index (χ1n) is 40.1. The van der Waals surface area contributed by atoms with Crippen molar-refractivity contribution < 1.29 is 112 Å². The highest BCUT2D eigenvalue weighted by Crippen LogP contribution is 2.25. The van der Waals surface area contributed by atoms with E-state index in [0.29, 0.717) is 39.6 Å². The number of nitrogens with two attached hydrogens (primary N) is 1. The summed E-state index contributed by atoms with van der Waals surface area (Å²) in [7, 11) is 1.62. The monoisotopic (exact) mass is 1750 g/mol. The SMILES string of the molecule is C[C@@H](O)[C@@H]1NC(=O)[C@H](CCCCN)NC(=O)[C@@H](Cc2c[nH]c3ccccc23)NC(=O)[C@H](Cc2ccccc2)NC(=O)[C@H](Cc2ccccc2)NC(=O)[C@@H](NC(=O)CNC(=O)COCCOCCNC(=O)CN2CCN(CC(=O)O)CCN(CC(=O)O)CCN(CC(=O)O)CC2)CSSC[C@@H](C(=O)O)NC(=O)[C@H](CO)NC(=O)[C@H](Cc2ccccc2)NC1=O. The second-order valence-corrected chi connectivity index (χ2v) is 31.9. The van der Waals surface area contributed by atoms with Crippen LogP contribution in [-0.4, -0.2) is 347 Å². The summed E-state index contributed by atoms with van der Waals surface area (Å²) in [4.78, 5) is 216. The molecule has 10 atom stereocenters. The summed E-state index contributed by atoms with van der Waals surface area (Å²) < 4.78 is 11.1. The molecule has 0 aliphatic carbocycles. The number of aromatic amines is 1. The minimum absolute atomic E-state index is 0.00411. The Kier molecular flexibility index (Phi) is 42.6. The largest absolute Gasteiger partial charge is 0.480 e. The van der Waals surface area contributed by atoms with Crippen LogP contribution in [0.2, 0.25) is 0 Å². The van der Waals surface area contributed by atoms with Gasteiger partial charge in [-0.2, -0.15) is 0 Å². The lowest BCUT2D eigenvalue weighted by molar-refractivity contribution is -0.142. The summed E-state index contributed by atoms with van der Waals surface area (Å²) in [5.74, 6) is -16.1. The van der Waals surface area contributed by atoms with E-state index < -0.39 is 181 Å². The molecule has 670 valence electrons. The zero-order valence-electron chi connectivity index (χ0n) is 68.1. The summed E-state index contributed by atoms with van der Waals surface area (Å²) in [5.41, 5.74) is 8.60. The lowest BCUT2D eigenvalue weighted by atomic mass is 10.00. The van der Waals surface area contributed by atoms with Crippen LogP contribution in [0.15, 0.2) is 121 Å². The molecule has 0 spiro atoms. The number of carbonyl (C=O) groups is 15. The Bertz CT molecular complexity index is 4280. The van der Waals surface area contributed by atoms with Crippen molar-refractivity contribution in [3.05, 3.63) is 144 Å². The lowest BCUT2D eigenvalue weighted by Crippen LogP contribution is -2.62. The first-order chi connectivity index (χ1) is 59.0. The predicted molar refractivity (Wildman–Crippen MR) is 450 cm³/mol. The third kappa shape index (κ3) is 36.0. The van der Waals surface area contributed by atoms with Crippen LogP contribution in [0.3, 0.4) is 0 Å². The van der Waals surface area contributed by atoms with Crippen LogP contribution in [0.1, 0.15) is 48.4 Å². The predicted octanol–water partition coefficient (Wildman–Crippen LogP) is -4.48. The summed E-state index contributed by atoms with van der Waals surface area (Å²) in [6.45, 7) is -0.787. The average Bonchev–Trinajstić information content (AvgIpc) is 1.71. The number of benzene rings is 4. The van der Waals surface area contributed by atoms with E-state index in [1.165, 1.54) is 6.92 Å². The number of amides is 11. The number of nitrogens with zero attached hydrogens (tertiary/aromatic N) is 4. The Hall–Kier alpha value is -11.2. The van der Waals surface area contributed by atoms with Crippen molar-refractivity contribution >= 4 is 121 Å². The maximum absolute atomic E-state index is 15.3. The number of aliphatic hydroxyl groups is 2. The molecule has 20 N–H and O–H groups in total. The highest BCUT2D eigenvalue weighted by molar-refractivity contribution is 8.76. The molecule has 0 radical (unpaired) electrons. The molecule has 40 nitrogen and oxygen atoms in total.